The Balaban J connectivity index is 0.00000220. The van der Waals surface area contributed by atoms with E-state index in [0.717, 1.165) is 25.3 Å². The molecule has 2 rings (SSSR count). The second-order valence-corrected chi connectivity index (χ2v) is 5.50. The summed E-state index contributed by atoms with van der Waals surface area (Å²) in [6.07, 6.45) is 4.06. The van der Waals surface area contributed by atoms with Gasteiger partial charge in [-0.15, -0.1) is 24.0 Å². The number of halogens is 1. The zero-order valence-corrected chi connectivity index (χ0v) is 15.3. The Morgan fingerprint density at radius 1 is 1.48 bits per heavy atom. The summed E-state index contributed by atoms with van der Waals surface area (Å²) in [4.78, 5) is 15.8. The highest BCUT2D eigenvalue weighted by Gasteiger charge is 2.41. The van der Waals surface area contributed by atoms with Gasteiger partial charge in [0.25, 0.3) is 0 Å². The molecular formula is C14H26IN3O3. The summed E-state index contributed by atoms with van der Waals surface area (Å²) in [6.45, 7) is 5.06. The van der Waals surface area contributed by atoms with Crippen LogP contribution in [-0.4, -0.2) is 50.4 Å². The number of guanidine groups is 1. The zero-order valence-electron chi connectivity index (χ0n) is 12.9. The maximum atomic E-state index is 11.4. The van der Waals surface area contributed by atoms with E-state index in [2.05, 4.69) is 15.6 Å². The van der Waals surface area contributed by atoms with Crippen molar-refractivity contribution in [2.24, 2.45) is 10.9 Å². The first-order valence-electron chi connectivity index (χ1n) is 7.42. The predicted molar refractivity (Wildman–Crippen MR) is 92.0 cm³/mol. The highest BCUT2D eigenvalue weighted by atomic mass is 127. The summed E-state index contributed by atoms with van der Waals surface area (Å²) in [5.74, 6) is 0.295. The van der Waals surface area contributed by atoms with Gasteiger partial charge in [-0.25, -0.2) is 0 Å². The molecule has 2 N–H and O–H groups in total. The normalized spacial score (nSPS) is 28.7. The van der Waals surface area contributed by atoms with E-state index in [0.29, 0.717) is 24.8 Å². The first-order valence-corrected chi connectivity index (χ1v) is 7.42. The summed E-state index contributed by atoms with van der Waals surface area (Å²) < 4.78 is 10.5. The van der Waals surface area contributed by atoms with Crippen molar-refractivity contribution in [3.8, 4) is 0 Å². The van der Waals surface area contributed by atoms with Crippen LogP contribution in [0.5, 0.6) is 0 Å². The van der Waals surface area contributed by atoms with Gasteiger partial charge in [0.1, 0.15) is 0 Å². The van der Waals surface area contributed by atoms with Crippen molar-refractivity contribution in [1.82, 2.24) is 10.6 Å². The van der Waals surface area contributed by atoms with Gasteiger partial charge in [0.2, 0.25) is 0 Å². The van der Waals surface area contributed by atoms with E-state index in [1.165, 1.54) is 13.5 Å². The lowest BCUT2D eigenvalue weighted by molar-refractivity contribution is -0.144. The molecule has 0 spiro atoms. The van der Waals surface area contributed by atoms with Gasteiger partial charge in [0.05, 0.1) is 37.8 Å². The number of esters is 1. The van der Waals surface area contributed by atoms with E-state index >= 15 is 0 Å². The molecule has 0 aromatic carbocycles. The number of methoxy groups -OCH3 is 1. The average Bonchev–Trinajstić information content (AvgIpc) is 3.06. The molecule has 0 aliphatic carbocycles. The lowest BCUT2D eigenvalue weighted by atomic mass is 9.96. The van der Waals surface area contributed by atoms with Crippen LogP contribution in [-0.2, 0) is 14.3 Å². The molecule has 0 amide bonds. The molecule has 2 bridgehead atoms. The molecule has 2 saturated heterocycles. The Kier molecular flexibility index (Phi) is 7.72. The number of nitrogens with zero attached hydrogens (tertiary/aromatic N) is 1. The number of aliphatic imine (C=N–C) groups is 1. The van der Waals surface area contributed by atoms with Crippen molar-refractivity contribution in [3.63, 3.8) is 0 Å². The van der Waals surface area contributed by atoms with E-state index in [1.54, 1.807) is 0 Å². The van der Waals surface area contributed by atoms with Gasteiger partial charge in [-0.05, 0) is 26.2 Å². The first-order chi connectivity index (χ1) is 9.63. The Labute approximate surface area is 143 Å². The first kappa shape index (κ1) is 18.5. The Bertz CT molecular complexity index is 378. The number of fused-ring (bicyclic) bond motifs is 2. The lowest BCUT2D eigenvalue weighted by Gasteiger charge is -2.22. The maximum absolute atomic E-state index is 11.4. The van der Waals surface area contributed by atoms with Crippen LogP contribution in [0.4, 0.5) is 0 Å². The van der Waals surface area contributed by atoms with Gasteiger partial charge < -0.3 is 20.1 Å². The second kappa shape index (κ2) is 8.77. The van der Waals surface area contributed by atoms with Crippen molar-refractivity contribution < 1.29 is 14.3 Å². The number of carbonyl (C=O) groups is 1. The second-order valence-electron chi connectivity index (χ2n) is 5.50. The molecule has 0 aromatic heterocycles. The molecule has 0 radical (unpaired) electrons. The third-order valence-corrected chi connectivity index (χ3v) is 3.90. The van der Waals surface area contributed by atoms with Gasteiger partial charge in [0.15, 0.2) is 5.96 Å². The summed E-state index contributed by atoms with van der Waals surface area (Å²) in [5.41, 5.74) is 0. The number of rotatable bonds is 5. The summed E-state index contributed by atoms with van der Waals surface area (Å²) in [5, 5.41) is 6.63. The number of carbonyl (C=O) groups excluding carboxylic acids is 1. The molecule has 0 aromatic rings. The van der Waals surface area contributed by atoms with Gasteiger partial charge in [-0.3, -0.25) is 9.79 Å². The third kappa shape index (κ3) is 4.98. The number of hydrogen-bond donors (Lipinski definition) is 2. The fourth-order valence-corrected chi connectivity index (χ4v) is 2.79. The van der Waals surface area contributed by atoms with E-state index in [9.17, 15) is 4.79 Å². The molecule has 6 nitrogen and oxygen atoms in total. The quantitative estimate of drug-likeness (QED) is 0.309. The third-order valence-electron chi connectivity index (χ3n) is 3.90. The lowest BCUT2D eigenvalue weighted by Crippen LogP contribution is -2.47. The van der Waals surface area contributed by atoms with E-state index < -0.39 is 0 Å². The van der Waals surface area contributed by atoms with E-state index in [-0.39, 0.29) is 35.9 Å². The zero-order chi connectivity index (χ0) is 14.5. The summed E-state index contributed by atoms with van der Waals surface area (Å²) in [7, 11) is 1.40. The molecular weight excluding hydrogens is 385 g/mol. The van der Waals surface area contributed by atoms with Crippen molar-refractivity contribution >= 4 is 35.9 Å². The van der Waals surface area contributed by atoms with Crippen LogP contribution < -0.4 is 10.6 Å². The van der Waals surface area contributed by atoms with Crippen molar-refractivity contribution in [2.75, 3.05) is 20.2 Å². The van der Waals surface area contributed by atoms with Crippen LogP contribution in [0.3, 0.4) is 0 Å². The fourth-order valence-electron chi connectivity index (χ4n) is 2.79. The molecule has 4 atom stereocenters. The van der Waals surface area contributed by atoms with Gasteiger partial charge in [0, 0.05) is 6.54 Å². The molecule has 2 aliphatic heterocycles. The minimum Gasteiger partial charge on any atom is -0.469 e. The maximum Gasteiger partial charge on any atom is 0.310 e. The summed E-state index contributed by atoms with van der Waals surface area (Å²) >= 11 is 0. The standard InChI is InChI=1S/C14H25N3O3.HI/c1-4-15-14(16-8-9(2)13(18)19-3)17-11-7-10-5-6-12(11)20-10;/h9-12H,4-8H2,1-3H3,(H2,15,16,17);1H. The largest absolute Gasteiger partial charge is 0.469 e. The van der Waals surface area contributed by atoms with Crippen LogP contribution in [0.15, 0.2) is 4.99 Å². The minimum atomic E-state index is -0.230. The topological polar surface area (TPSA) is 72.0 Å². The van der Waals surface area contributed by atoms with E-state index in [1.807, 2.05) is 13.8 Å². The van der Waals surface area contributed by atoms with Crippen LogP contribution in [0.1, 0.15) is 33.1 Å². The average molecular weight is 411 g/mol. The number of nitrogens with one attached hydrogen (secondary N) is 2. The monoisotopic (exact) mass is 411 g/mol. The van der Waals surface area contributed by atoms with Crippen LogP contribution in [0.25, 0.3) is 0 Å². The van der Waals surface area contributed by atoms with Gasteiger partial charge in [-0.1, -0.05) is 6.92 Å². The molecule has 4 unspecified atom stereocenters. The SMILES string of the molecule is CCNC(=NCC(C)C(=O)OC)NC1CC2CCC1O2.I. The molecule has 0 saturated carbocycles. The smallest absolute Gasteiger partial charge is 0.310 e. The number of ether oxygens (including phenoxy) is 2. The predicted octanol–water partition coefficient (Wildman–Crippen LogP) is 1.29. The summed E-state index contributed by atoms with van der Waals surface area (Å²) in [6, 6.07) is 0.333. The van der Waals surface area contributed by atoms with Gasteiger partial charge >= 0.3 is 5.97 Å². The van der Waals surface area contributed by atoms with E-state index in [4.69, 9.17) is 9.47 Å². The van der Waals surface area contributed by atoms with Crippen molar-refractivity contribution in [3.05, 3.63) is 0 Å². The molecule has 2 aliphatic rings. The Hall–Kier alpha value is -0.570. The molecule has 2 heterocycles. The fraction of sp³-hybridized carbons (Fsp3) is 0.857. The molecule has 7 heteroatoms. The van der Waals surface area contributed by atoms with Crippen LogP contribution in [0, 0.1) is 5.92 Å². The van der Waals surface area contributed by atoms with Crippen LogP contribution in [0.2, 0.25) is 0 Å². The van der Waals surface area contributed by atoms with Crippen molar-refractivity contribution in [2.45, 2.75) is 51.4 Å². The highest BCUT2D eigenvalue weighted by molar-refractivity contribution is 14.0. The van der Waals surface area contributed by atoms with Crippen LogP contribution >= 0.6 is 24.0 Å². The Morgan fingerprint density at radius 2 is 2.24 bits per heavy atom. The Morgan fingerprint density at radius 3 is 2.76 bits per heavy atom. The molecule has 2 fully saturated rings. The van der Waals surface area contributed by atoms with Gasteiger partial charge in [-0.2, -0.15) is 0 Å². The minimum absolute atomic E-state index is 0. The molecule has 21 heavy (non-hydrogen) atoms. The molecule has 122 valence electrons. The number of hydrogen-bond acceptors (Lipinski definition) is 4. The highest BCUT2D eigenvalue weighted by Crippen LogP contribution is 2.34. The van der Waals surface area contributed by atoms with Crippen molar-refractivity contribution in [1.29, 1.82) is 0 Å².